The molecule has 4 aromatic carbocycles. The number of fused-ring (bicyclic) bond motifs is 2. The van der Waals surface area contributed by atoms with Gasteiger partial charge in [0.25, 0.3) is 0 Å². The van der Waals surface area contributed by atoms with Crippen LogP contribution in [0.4, 0.5) is 5.69 Å². The molecule has 0 aliphatic carbocycles. The van der Waals surface area contributed by atoms with Gasteiger partial charge in [0, 0.05) is 52.8 Å². The maximum Gasteiger partial charge on any atom is 0.309 e. The topological polar surface area (TPSA) is 88.8 Å². The molecule has 1 atom stereocenters. The third kappa shape index (κ3) is 6.03. The van der Waals surface area contributed by atoms with Crippen molar-refractivity contribution in [2.75, 3.05) is 11.5 Å². The summed E-state index contributed by atoms with van der Waals surface area (Å²) in [6.45, 7) is 5.59. The molecule has 1 N–H and O–H groups in total. The molecule has 0 fully saturated rings. The van der Waals surface area contributed by atoms with Gasteiger partial charge in [-0.1, -0.05) is 72.3 Å². The second kappa shape index (κ2) is 12.5. The molecule has 5 aromatic rings. The summed E-state index contributed by atoms with van der Waals surface area (Å²) in [5.74, 6) is -0.634. The first-order valence-corrected chi connectivity index (χ1v) is 15.6. The number of amides is 1. The maximum absolute atomic E-state index is 14.3. The molecular weight excluding hydrogens is 600 g/mol. The molecule has 0 radical (unpaired) electrons. The number of ketones is 1. The first-order chi connectivity index (χ1) is 22.0. The van der Waals surface area contributed by atoms with Crippen LogP contribution < -0.4 is 9.64 Å². The molecule has 0 saturated carbocycles. The number of benzene rings is 4. The molecular formula is C38H35ClN2O5. The van der Waals surface area contributed by atoms with Gasteiger partial charge in [0.1, 0.15) is 12.4 Å². The number of rotatable bonds is 10. The smallest absolute Gasteiger partial charge is 0.309 e. The molecule has 46 heavy (non-hydrogen) atoms. The van der Waals surface area contributed by atoms with Gasteiger partial charge in [0.2, 0.25) is 5.91 Å². The van der Waals surface area contributed by atoms with Crippen molar-refractivity contribution < 1.29 is 24.2 Å². The largest absolute Gasteiger partial charge is 0.491 e. The second-order valence-electron chi connectivity index (χ2n) is 12.5. The summed E-state index contributed by atoms with van der Waals surface area (Å²) in [6, 6.07) is 29.9. The molecule has 8 heteroatoms. The van der Waals surface area contributed by atoms with E-state index < -0.39 is 11.4 Å². The fraction of sp³-hybridized carbons (Fsp3) is 0.237. The van der Waals surface area contributed by atoms with E-state index in [9.17, 15) is 19.5 Å². The minimum Gasteiger partial charge on any atom is -0.491 e. The normalized spacial score (nSPS) is 14.3. The van der Waals surface area contributed by atoms with E-state index in [1.54, 1.807) is 37.8 Å². The van der Waals surface area contributed by atoms with Crippen LogP contribution in [0.3, 0.4) is 0 Å². The molecule has 0 unspecified atom stereocenters. The Morgan fingerprint density at radius 1 is 0.935 bits per heavy atom. The van der Waals surface area contributed by atoms with Crippen LogP contribution in [0.1, 0.15) is 53.5 Å². The molecule has 1 aliphatic heterocycles. The van der Waals surface area contributed by atoms with Gasteiger partial charge in [-0.3, -0.25) is 14.4 Å². The Labute approximate surface area is 273 Å². The number of nitrogens with zero attached hydrogens (tertiary/aromatic N) is 2. The molecule has 1 aromatic heterocycles. The van der Waals surface area contributed by atoms with Gasteiger partial charge in [-0.25, -0.2) is 0 Å². The molecule has 6 rings (SSSR count). The average molecular weight is 635 g/mol. The Hall–Kier alpha value is -4.88. The number of halogens is 1. The summed E-state index contributed by atoms with van der Waals surface area (Å²) < 4.78 is 8.38. The van der Waals surface area contributed by atoms with Gasteiger partial charge >= 0.3 is 5.97 Å². The van der Waals surface area contributed by atoms with Crippen LogP contribution in [0.5, 0.6) is 5.75 Å². The number of hydrogen-bond donors (Lipinski definition) is 1. The van der Waals surface area contributed by atoms with Crippen molar-refractivity contribution in [3.05, 3.63) is 130 Å². The van der Waals surface area contributed by atoms with Crippen LogP contribution in [0.2, 0.25) is 5.02 Å². The summed E-state index contributed by atoms with van der Waals surface area (Å²) in [6.07, 6.45) is 0.810. The Bertz CT molecular complexity index is 1950. The predicted octanol–water partition coefficient (Wildman–Crippen LogP) is 7.58. The van der Waals surface area contributed by atoms with Crippen LogP contribution >= 0.6 is 11.6 Å². The Balaban J connectivity index is 1.45. The van der Waals surface area contributed by atoms with E-state index in [4.69, 9.17) is 16.3 Å². The number of anilines is 1. The number of carboxylic acids is 1. The Morgan fingerprint density at radius 2 is 1.63 bits per heavy atom. The Morgan fingerprint density at radius 3 is 2.33 bits per heavy atom. The zero-order valence-electron chi connectivity index (χ0n) is 26.0. The minimum absolute atomic E-state index is 0.0466. The molecule has 0 bridgehead atoms. The molecule has 7 nitrogen and oxygen atoms in total. The number of para-hydroxylation sites is 1. The zero-order chi connectivity index (χ0) is 32.6. The lowest BCUT2D eigenvalue weighted by Gasteiger charge is -2.24. The molecule has 2 heterocycles. The fourth-order valence-electron chi connectivity index (χ4n) is 6.31. The SMILES string of the molecule is CC(=O)N1c2ccccc2C[C@H]1COc1ccc2c(c1)c(C(=O)c1ccccc1)c(CC(C)(C)C(=O)O)n2Cc1ccc(Cl)cc1. The van der Waals surface area contributed by atoms with Crippen molar-refractivity contribution in [1.82, 2.24) is 4.57 Å². The standard InChI is InChI=1S/C38H35ClN2O5/c1-24(42)41-29(19-27-11-7-8-12-32(27)41)23-46-30-17-18-33-31(20-30)35(36(43)26-9-5-4-6-10-26)34(21-38(2,3)37(44)45)40(33)22-25-13-15-28(39)16-14-25/h4-18,20,29H,19,21-23H2,1-3H3,(H,44,45)/t29-/m0/s1. The molecule has 1 amide bonds. The summed E-state index contributed by atoms with van der Waals surface area (Å²) in [4.78, 5) is 41.1. The van der Waals surface area contributed by atoms with E-state index in [0.717, 1.165) is 22.3 Å². The summed E-state index contributed by atoms with van der Waals surface area (Å²) >= 11 is 6.17. The van der Waals surface area contributed by atoms with Crippen molar-refractivity contribution in [3.63, 3.8) is 0 Å². The number of carbonyl (C=O) groups is 3. The molecule has 0 saturated heterocycles. The van der Waals surface area contributed by atoms with Crippen LogP contribution in [0.15, 0.2) is 97.1 Å². The highest BCUT2D eigenvalue weighted by atomic mass is 35.5. The quantitative estimate of drug-likeness (QED) is 0.160. The van der Waals surface area contributed by atoms with E-state index in [0.29, 0.717) is 45.9 Å². The van der Waals surface area contributed by atoms with Crippen molar-refractivity contribution in [2.45, 2.75) is 46.2 Å². The van der Waals surface area contributed by atoms with Gasteiger partial charge in [0.05, 0.1) is 17.0 Å². The zero-order valence-corrected chi connectivity index (χ0v) is 26.8. The third-order valence-electron chi connectivity index (χ3n) is 8.70. The second-order valence-corrected chi connectivity index (χ2v) is 12.9. The van der Waals surface area contributed by atoms with E-state index in [-0.39, 0.29) is 30.8 Å². The number of hydrogen-bond acceptors (Lipinski definition) is 4. The van der Waals surface area contributed by atoms with E-state index in [1.165, 1.54) is 0 Å². The first-order valence-electron chi connectivity index (χ1n) is 15.3. The highest BCUT2D eigenvalue weighted by Crippen LogP contribution is 2.37. The molecule has 1 aliphatic rings. The monoisotopic (exact) mass is 634 g/mol. The minimum atomic E-state index is -1.15. The van der Waals surface area contributed by atoms with Crippen LogP contribution in [0, 0.1) is 5.41 Å². The maximum atomic E-state index is 14.3. The van der Waals surface area contributed by atoms with E-state index in [1.807, 2.05) is 89.5 Å². The van der Waals surface area contributed by atoms with Gasteiger partial charge in [-0.05, 0) is 67.8 Å². The lowest BCUT2D eigenvalue weighted by molar-refractivity contribution is -0.146. The fourth-order valence-corrected chi connectivity index (χ4v) is 6.43. The van der Waals surface area contributed by atoms with Crippen molar-refractivity contribution in [1.29, 1.82) is 0 Å². The van der Waals surface area contributed by atoms with Crippen molar-refractivity contribution in [3.8, 4) is 5.75 Å². The predicted molar refractivity (Wildman–Crippen MR) is 180 cm³/mol. The first kappa shape index (κ1) is 31.1. The van der Waals surface area contributed by atoms with Gasteiger partial charge in [-0.2, -0.15) is 0 Å². The van der Waals surface area contributed by atoms with Gasteiger partial charge < -0.3 is 19.3 Å². The molecule has 0 spiro atoms. The number of carboxylic acid groups (broad SMARTS) is 1. The number of aliphatic carboxylic acids is 1. The van der Waals surface area contributed by atoms with E-state index in [2.05, 4.69) is 0 Å². The van der Waals surface area contributed by atoms with Gasteiger partial charge in [0.15, 0.2) is 5.78 Å². The lowest BCUT2D eigenvalue weighted by Crippen LogP contribution is -2.40. The summed E-state index contributed by atoms with van der Waals surface area (Å²) in [5.41, 5.74) is 4.20. The summed E-state index contributed by atoms with van der Waals surface area (Å²) in [5, 5.41) is 11.4. The van der Waals surface area contributed by atoms with Gasteiger partial charge in [-0.15, -0.1) is 0 Å². The molecule has 234 valence electrons. The van der Waals surface area contributed by atoms with Crippen LogP contribution in [-0.2, 0) is 29.0 Å². The van der Waals surface area contributed by atoms with Crippen molar-refractivity contribution in [2.24, 2.45) is 5.41 Å². The average Bonchev–Trinajstić information content (AvgIpc) is 3.55. The summed E-state index contributed by atoms with van der Waals surface area (Å²) in [7, 11) is 0. The highest BCUT2D eigenvalue weighted by molar-refractivity contribution is 6.30. The van der Waals surface area contributed by atoms with Crippen LogP contribution in [-0.4, -0.2) is 40.0 Å². The number of aromatic nitrogens is 1. The third-order valence-corrected chi connectivity index (χ3v) is 8.95. The number of carbonyl (C=O) groups excluding carboxylic acids is 2. The number of ether oxygens (including phenoxy) is 1. The highest BCUT2D eigenvalue weighted by Gasteiger charge is 2.34. The van der Waals surface area contributed by atoms with Crippen LogP contribution in [0.25, 0.3) is 10.9 Å². The van der Waals surface area contributed by atoms with E-state index >= 15 is 0 Å². The van der Waals surface area contributed by atoms with Crippen molar-refractivity contribution >= 4 is 45.9 Å². The lowest BCUT2D eigenvalue weighted by atomic mass is 9.85. The Kier molecular flexibility index (Phi) is 8.45.